The summed E-state index contributed by atoms with van der Waals surface area (Å²) < 4.78 is 7.78. The van der Waals surface area contributed by atoms with Crippen LogP contribution in [0.3, 0.4) is 0 Å². The van der Waals surface area contributed by atoms with Gasteiger partial charge in [0, 0.05) is 19.1 Å². The number of hydrogen-bond acceptors (Lipinski definition) is 7. The van der Waals surface area contributed by atoms with Crippen molar-refractivity contribution in [2.45, 2.75) is 20.4 Å². The summed E-state index contributed by atoms with van der Waals surface area (Å²) in [6.07, 6.45) is 0. The Labute approximate surface area is 165 Å². The molecule has 0 aliphatic rings. The van der Waals surface area contributed by atoms with Crippen molar-refractivity contribution in [2.75, 3.05) is 11.9 Å². The van der Waals surface area contributed by atoms with Crippen molar-refractivity contribution in [1.82, 2.24) is 15.0 Å². The molecule has 0 aliphatic heterocycles. The van der Waals surface area contributed by atoms with Gasteiger partial charge < -0.3 is 15.2 Å². The van der Waals surface area contributed by atoms with E-state index in [0.29, 0.717) is 21.5 Å². The number of para-hydroxylation sites is 2. The molecule has 0 bridgehead atoms. The molecule has 0 atom stereocenters. The fourth-order valence-electron chi connectivity index (χ4n) is 3.12. The van der Waals surface area contributed by atoms with E-state index in [1.807, 2.05) is 0 Å². The lowest BCUT2D eigenvalue weighted by Crippen LogP contribution is -2.43. The molecule has 29 heavy (non-hydrogen) atoms. The molecule has 2 aromatic carbocycles. The van der Waals surface area contributed by atoms with Crippen molar-refractivity contribution in [2.24, 2.45) is 0 Å². The Bertz CT molecular complexity index is 1240. The van der Waals surface area contributed by atoms with Gasteiger partial charge in [-0.1, -0.05) is 17.3 Å². The summed E-state index contributed by atoms with van der Waals surface area (Å²) >= 11 is 0. The number of carbonyl (C=O) groups excluding carboxylic acids is 1. The first-order valence-corrected chi connectivity index (χ1v) is 9.00. The van der Waals surface area contributed by atoms with Crippen molar-refractivity contribution >= 4 is 39.5 Å². The molecule has 148 valence electrons. The lowest BCUT2D eigenvalue weighted by Gasteiger charge is -2.14. The van der Waals surface area contributed by atoms with Gasteiger partial charge in [0.25, 0.3) is 11.2 Å². The number of ether oxygens (including phenoxy) is 1. The summed E-state index contributed by atoms with van der Waals surface area (Å²) in [5, 5.41) is 36.4. The molecule has 0 spiro atoms. The third kappa shape index (κ3) is 3.24. The maximum absolute atomic E-state index is 12.8. The van der Waals surface area contributed by atoms with E-state index in [-0.39, 0.29) is 35.7 Å². The first-order valence-electron chi connectivity index (χ1n) is 9.00. The standard InChI is InChI=1S/C19H18N6O4/c1-3-29-18(26)11-23-17-10-13(8-9-14(17)21-22-23)20-19-12(2)24(27)15-6-4-5-7-16(15)25(19)28/h4-10,20H,3,11H2,1-2H3. The number of aromatic nitrogens is 5. The number of rotatable bonds is 5. The first-order chi connectivity index (χ1) is 14.0. The van der Waals surface area contributed by atoms with E-state index < -0.39 is 5.97 Å². The predicted molar refractivity (Wildman–Crippen MR) is 104 cm³/mol. The van der Waals surface area contributed by atoms with Crippen LogP contribution in [0, 0.1) is 17.3 Å². The molecule has 4 aromatic rings. The molecule has 0 aliphatic carbocycles. The normalized spacial score (nSPS) is 11.1. The van der Waals surface area contributed by atoms with Crippen LogP contribution in [-0.2, 0) is 16.1 Å². The zero-order valence-electron chi connectivity index (χ0n) is 15.8. The second kappa shape index (κ2) is 7.23. The Morgan fingerprint density at radius 2 is 1.90 bits per heavy atom. The molecule has 0 saturated heterocycles. The Balaban J connectivity index is 1.74. The Kier molecular flexibility index (Phi) is 4.59. The molecular weight excluding hydrogens is 376 g/mol. The number of esters is 1. The lowest BCUT2D eigenvalue weighted by atomic mass is 10.2. The summed E-state index contributed by atoms with van der Waals surface area (Å²) in [6, 6.07) is 11.7. The zero-order chi connectivity index (χ0) is 20.5. The van der Waals surface area contributed by atoms with Crippen molar-refractivity contribution in [3.63, 3.8) is 0 Å². The van der Waals surface area contributed by atoms with Gasteiger partial charge in [0.15, 0.2) is 0 Å². The highest BCUT2D eigenvalue weighted by Gasteiger charge is 2.23. The van der Waals surface area contributed by atoms with Gasteiger partial charge in [-0.2, -0.15) is 4.73 Å². The summed E-state index contributed by atoms with van der Waals surface area (Å²) in [6.45, 7) is 3.50. The van der Waals surface area contributed by atoms with Gasteiger partial charge in [0.2, 0.25) is 5.52 Å². The van der Waals surface area contributed by atoms with Gasteiger partial charge >= 0.3 is 11.8 Å². The summed E-state index contributed by atoms with van der Waals surface area (Å²) in [5.41, 5.74) is 2.51. The van der Waals surface area contributed by atoms with Crippen LogP contribution in [0.1, 0.15) is 12.6 Å². The van der Waals surface area contributed by atoms with Crippen LogP contribution in [0.25, 0.3) is 22.1 Å². The number of hydrogen-bond donors (Lipinski definition) is 1. The number of carbonyl (C=O) groups is 1. The highest BCUT2D eigenvalue weighted by molar-refractivity contribution is 5.81. The van der Waals surface area contributed by atoms with E-state index in [9.17, 15) is 15.2 Å². The second-order valence-electron chi connectivity index (χ2n) is 6.39. The van der Waals surface area contributed by atoms with Gasteiger partial charge in [-0.3, -0.25) is 4.79 Å². The van der Waals surface area contributed by atoms with Gasteiger partial charge in [0.05, 0.1) is 12.1 Å². The van der Waals surface area contributed by atoms with Crippen LogP contribution in [0.2, 0.25) is 0 Å². The van der Waals surface area contributed by atoms with Crippen LogP contribution in [0.15, 0.2) is 42.5 Å². The molecule has 10 heteroatoms. The van der Waals surface area contributed by atoms with Crippen LogP contribution in [0.4, 0.5) is 11.5 Å². The summed E-state index contributed by atoms with van der Waals surface area (Å²) in [7, 11) is 0. The number of nitrogens with one attached hydrogen (secondary N) is 1. The van der Waals surface area contributed by atoms with Crippen molar-refractivity contribution in [3.05, 3.63) is 58.6 Å². The number of nitrogens with zero attached hydrogens (tertiary/aromatic N) is 5. The van der Waals surface area contributed by atoms with Crippen LogP contribution in [-0.4, -0.2) is 27.6 Å². The van der Waals surface area contributed by atoms with E-state index in [1.165, 1.54) is 4.68 Å². The van der Waals surface area contributed by atoms with E-state index in [0.717, 1.165) is 4.73 Å². The molecule has 4 rings (SSSR count). The minimum atomic E-state index is -0.423. The maximum atomic E-state index is 12.8. The fourth-order valence-corrected chi connectivity index (χ4v) is 3.12. The quantitative estimate of drug-likeness (QED) is 0.309. The molecule has 10 nitrogen and oxygen atoms in total. The molecule has 0 amide bonds. The zero-order valence-corrected chi connectivity index (χ0v) is 15.8. The minimum Gasteiger partial charge on any atom is -0.710 e. The Morgan fingerprint density at radius 1 is 1.17 bits per heavy atom. The average molecular weight is 394 g/mol. The number of benzene rings is 2. The smallest absolute Gasteiger partial charge is 0.352 e. The highest BCUT2D eigenvalue weighted by Crippen LogP contribution is 2.22. The first kappa shape index (κ1) is 18.4. The fraction of sp³-hybridized carbons (Fsp3) is 0.211. The largest absolute Gasteiger partial charge is 0.710 e. The van der Waals surface area contributed by atoms with Crippen molar-refractivity contribution in [3.8, 4) is 0 Å². The maximum Gasteiger partial charge on any atom is 0.352 e. The monoisotopic (exact) mass is 394 g/mol. The Morgan fingerprint density at radius 3 is 2.62 bits per heavy atom. The van der Waals surface area contributed by atoms with Crippen LogP contribution >= 0.6 is 0 Å². The topological polar surface area (TPSA) is 123 Å². The molecule has 0 saturated carbocycles. The van der Waals surface area contributed by atoms with Crippen LogP contribution < -0.4 is 14.8 Å². The minimum absolute atomic E-state index is 0.0785. The SMILES string of the molecule is CCOC(=O)Cn1nnc2ccc(Nc3c(C)[n+]([O-])c4ccccc4[n+]3[O-])cc21. The highest BCUT2D eigenvalue weighted by atomic mass is 16.5. The molecule has 2 aromatic heterocycles. The van der Waals surface area contributed by atoms with E-state index in [1.54, 1.807) is 56.3 Å². The Hall–Kier alpha value is -3.95. The average Bonchev–Trinajstić information content (AvgIpc) is 3.11. The summed E-state index contributed by atoms with van der Waals surface area (Å²) in [5.74, 6) is -0.310. The van der Waals surface area contributed by atoms with Crippen molar-refractivity contribution in [1.29, 1.82) is 0 Å². The van der Waals surface area contributed by atoms with Crippen molar-refractivity contribution < 1.29 is 19.0 Å². The molecule has 1 N–H and O–H groups in total. The molecule has 0 fully saturated rings. The van der Waals surface area contributed by atoms with Crippen LogP contribution in [0.5, 0.6) is 0 Å². The van der Waals surface area contributed by atoms with E-state index >= 15 is 0 Å². The third-order valence-electron chi connectivity index (χ3n) is 4.53. The lowest BCUT2D eigenvalue weighted by molar-refractivity contribution is -0.623. The number of fused-ring (bicyclic) bond motifs is 2. The van der Waals surface area contributed by atoms with Gasteiger partial charge in [-0.05, 0) is 25.1 Å². The molecule has 0 radical (unpaired) electrons. The molecular formula is C19H18N6O4. The van der Waals surface area contributed by atoms with E-state index in [4.69, 9.17) is 4.74 Å². The summed E-state index contributed by atoms with van der Waals surface area (Å²) in [4.78, 5) is 11.8. The van der Waals surface area contributed by atoms with Gasteiger partial charge in [0.1, 0.15) is 17.7 Å². The third-order valence-corrected chi connectivity index (χ3v) is 4.53. The second-order valence-corrected chi connectivity index (χ2v) is 6.39. The molecule has 0 unspecified atom stereocenters. The van der Waals surface area contributed by atoms with E-state index in [2.05, 4.69) is 15.6 Å². The van der Waals surface area contributed by atoms with Gasteiger partial charge in [-0.25, -0.2) is 14.7 Å². The predicted octanol–water partition coefficient (Wildman–Crippen LogP) is 1.47. The number of anilines is 2. The van der Waals surface area contributed by atoms with Gasteiger partial charge in [-0.15, -0.1) is 5.10 Å². The molecule has 2 heterocycles.